The lowest BCUT2D eigenvalue weighted by molar-refractivity contribution is 0.101. The highest BCUT2D eigenvalue weighted by Crippen LogP contribution is 2.24. The SMILES string of the molecule is O=C(Nc1c(F)c(F)cc(F)c1F)c1ccn(COc2ccc(F)cc2)n1. The van der Waals surface area contributed by atoms with Crippen molar-refractivity contribution >= 4 is 11.6 Å². The first-order valence-corrected chi connectivity index (χ1v) is 7.41. The van der Waals surface area contributed by atoms with Crippen molar-refractivity contribution in [3.05, 3.63) is 77.4 Å². The van der Waals surface area contributed by atoms with Gasteiger partial charge in [0.25, 0.3) is 5.91 Å². The van der Waals surface area contributed by atoms with E-state index in [1.807, 2.05) is 0 Å². The standard InChI is InChI=1S/C17H10F5N3O2/c18-9-1-3-10(4-2-9)27-8-25-6-5-13(24-25)17(26)23-16-14(21)11(19)7-12(20)15(16)22/h1-7H,8H2,(H,23,26). The van der Waals surface area contributed by atoms with Crippen molar-refractivity contribution in [2.24, 2.45) is 0 Å². The number of carbonyl (C=O) groups excluding carboxylic acids is 1. The molecule has 0 fully saturated rings. The van der Waals surface area contributed by atoms with Crippen molar-refractivity contribution in [3.63, 3.8) is 0 Å². The van der Waals surface area contributed by atoms with Crippen LogP contribution in [0.2, 0.25) is 0 Å². The Morgan fingerprint density at radius 3 is 2.26 bits per heavy atom. The molecular weight excluding hydrogens is 373 g/mol. The summed E-state index contributed by atoms with van der Waals surface area (Å²) in [5, 5.41) is 5.56. The van der Waals surface area contributed by atoms with Gasteiger partial charge in [0, 0.05) is 12.3 Å². The molecule has 1 amide bonds. The number of hydrogen-bond donors (Lipinski definition) is 1. The van der Waals surface area contributed by atoms with Crippen LogP contribution in [0, 0.1) is 29.1 Å². The molecule has 0 radical (unpaired) electrons. The molecule has 3 rings (SSSR count). The number of halogens is 5. The number of rotatable bonds is 5. The van der Waals surface area contributed by atoms with Gasteiger partial charge in [-0.3, -0.25) is 4.79 Å². The lowest BCUT2D eigenvalue weighted by atomic mass is 10.2. The van der Waals surface area contributed by atoms with Gasteiger partial charge in [0.1, 0.15) is 17.3 Å². The molecule has 0 saturated heterocycles. The maximum absolute atomic E-state index is 13.6. The molecular formula is C17H10F5N3O2. The lowest BCUT2D eigenvalue weighted by Gasteiger charge is -2.08. The van der Waals surface area contributed by atoms with Gasteiger partial charge >= 0.3 is 0 Å². The maximum atomic E-state index is 13.6. The number of nitrogens with one attached hydrogen (secondary N) is 1. The van der Waals surface area contributed by atoms with E-state index >= 15 is 0 Å². The quantitative estimate of drug-likeness (QED) is 0.538. The molecule has 0 aliphatic rings. The summed E-state index contributed by atoms with van der Waals surface area (Å²) in [6, 6.07) is 6.39. The molecule has 1 N–H and O–H groups in total. The molecule has 0 aliphatic heterocycles. The summed E-state index contributed by atoms with van der Waals surface area (Å²) in [4.78, 5) is 12.0. The van der Waals surface area contributed by atoms with E-state index in [1.54, 1.807) is 5.32 Å². The van der Waals surface area contributed by atoms with Gasteiger partial charge in [0.05, 0.1) is 0 Å². The lowest BCUT2D eigenvalue weighted by Crippen LogP contribution is -2.17. The van der Waals surface area contributed by atoms with Crippen LogP contribution in [0.25, 0.3) is 0 Å². The summed E-state index contributed by atoms with van der Waals surface area (Å²) in [7, 11) is 0. The highest BCUT2D eigenvalue weighted by atomic mass is 19.2. The van der Waals surface area contributed by atoms with E-state index < -0.39 is 40.7 Å². The van der Waals surface area contributed by atoms with E-state index in [-0.39, 0.29) is 18.5 Å². The third-order valence-corrected chi connectivity index (χ3v) is 3.40. The minimum atomic E-state index is -1.73. The molecule has 27 heavy (non-hydrogen) atoms. The number of hydrogen-bond acceptors (Lipinski definition) is 3. The topological polar surface area (TPSA) is 56.2 Å². The third kappa shape index (κ3) is 4.05. The fraction of sp³-hybridized carbons (Fsp3) is 0.0588. The Balaban J connectivity index is 1.69. The van der Waals surface area contributed by atoms with Crippen molar-refractivity contribution in [1.82, 2.24) is 9.78 Å². The smallest absolute Gasteiger partial charge is 0.276 e. The molecule has 2 aromatic carbocycles. The molecule has 1 heterocycles. The van der Waals surface area contributed by atoms with Gasteiger partial charge < -0.3 is 10.1 Å². The van der Waals surface area contributed by atoms with Gasteiger partial charge in [-0.25, -0.2) is 26.6 Å². The first-order chi connectivity index (χ1) is 12.8. The zero-order valence-electron chi connectivity index (χ0n) is 13.3. The number of anilines is 1. The predicted molar refractivity (Wildman–Crippen MR) is 83.5 cm³/mol. The number of ether oxygens (including phenoxy) is 1. The number of carbonyl (C=O) groups is 1. The fourth-order valence-corrected chi connectivity index (χ4v) is 2.09. The van der Waals surface area contributed by atoms with Gasteiger partial charge in [0.15, 0.2) is 35.7 Å². The Bertz CT molecular complexity index is 963. The van der Waals surface area contributed by atoms with Crippen LogP contribution < -0.4 is 10.1 Å². The summed E-state index contributed by atoms with van der Waals surface area (Å²) in [5.74, 6) is -7.95. The second-order valence-corrected chi connectivity index (χ2v) is 5.27. The van der Waals surface area contributed by atoms with E-state index in [2.05, 4.69) is 5.10 Å². The molecule has 140 valence electrons. The third-order valence-electron chi connectivity index (χ3n) is 3.40. The number of amides is 1. The molecule has 0 aliphatic carbocycles. The first kappa shape index (κ1) is 18.4. The Morgan fingerprint density at radius 2 is 1.63 bits per heavy atom. The van der Waals surface area contributed by atoms with Crippen LogP contribution in [0.5, 0.6) is 5.75 Å². The van der Waals surface area contributed by atoms with Crippen molar-refractivity contribution < 1.29 is 31.5 Å². The van der Waals surface area contributed by atoms with Gasteiger partial charge in [-0.05, 0) is 30.3 Å². The van der Waals surface area contributed by atoms with Gasteiger partial charge in [0.2, 0.25) is 0 Å². The molecule has 0 bridgehead atoms. The summed E-state index contributed by atoms with van der Waals surface area (Å²) in [6.07, 6.45) is 1.33. The predicted octanol–water partition coefficient (Wildman–Crippen LogP) is 3.87. The van der Waals surface area contributed by atoms with Crippen LogP contribution in [0.1, 0.15) is 10.5 Å². The van der Waals surface area contributed by atoms with Gasteiger partial charge in [-0.15, -0.1) is 0 Å². The van der Waals surface area contributed by atoms with Gasteiger partial charge in [-0.2, -0.15) is 5.10 Å². The largest absolute Gasteiger partial charge is 0.471 e. The maximum Gasteiger partial charge on any atom is 0.276 e. The summed E-state index contributed by atoms with van der Waals surface area (Å²) in [5.41, 5.74) is -1.53. The van der Waals surface area contributed by atoms with Crippen molar-refractivity contribution in [1.29, 1.82) is 0 Å². The normalized spacial score (nSPS) is 10.7. The monoisotopic (exact) mass is 383 g/mol. The summed E-state index contributed by atoms with van der Waals surface area (Å²) >= 11 is 0. The van der Waals surface area contributed by atoms with E-state index in [4.69, 9.17) is 4.74 Å². The van der Waals surface area contributed by atoms with E-state index in [0.29, 0.717) is 5.75 Å². The highest BCUT2D eigenvalue weighted by molar-refractivity contribution is 6.02. The van der Waals surface area contributed by atoms with E-state index in [9.17, 15) is 26.7 Å². The molecule has 5 nitrogen and oxygen atoms in total. The van der Waals surface area contributed by atoms with E-state index in [0.717, 1.165) is 0 Å². The minimum Gasteiger partial charge on any atom is -0.471 e. The van der Waals surface area contributed by atoms with Crippen molar-refractivity contribution in [3.8, 4) is 5.75 Å². The van der Waals surface area contributed by atoms with Crippen LogP contribution in [0.15, 0.2) is 42.6 Å². The number of benzene rings is 2. The zero-order chi connectivity index (χ0) is 19.6. The minimum absolute atomic E-state index is 0.0296. The summed E-state index contributed by atoms with van der Waals surface area (Å²) < 4.78 is 72.8. The van der Waals surface area contributed by atoms with Crippen molar-refractivity contribution in [2.45, 2.75) is 6.73 Å². The molecule has 0 spiro atoms. The second kappa shape index (κ2) is 7.44. The Kier molecular flexibility index (Phi) is 5.06. The van der Waals surface area contributed by atoms with Crippen LogP contribution in [-0.2, 0) is 6.73 Å². The van der Waals surface area contributed by atoms with Crippen LogP contribution in [-0.4, -0.2) is 15.7 Å². The molecule has 1 aromatic heterocycles. The number of aromatic nitrogens is 2. The highest BCUT2D eigenvalue weighted by Gasteiger charge is 2.22. The van der Waals surface area contributed by atoms with Crippen LogP contribution in [0.4, 0.5) is 27.6 Å². The van der Waals surface area contributed by atoms with Crippen LogP contribution >= 0.6 is 0 Å². The Hall–Kier alpha value is -3.43. The zero-order valence-corrected chi connectivity index (χ0v) is 13.3. The molecule has 10 heteroatoms. The second-order valence-electron chi connectivity index (χ2n) is 5.27. The number of nitrogens with zero attached hydrogens (tertiary/aromatic N) is 2. The molecule has 0 atom stereocenters. The van der Waals surface area contributed by atoms with E-state index in [1.165, 1.54) is 41.2 Å². The Morgan fingerprint density at radius 1 is 1.00 bits per heavy atom. The fourth-order valence-electron chi connectivity index (χ4n) is 2.09. The van der Waals surface area contributed by atoms with Crippen molar-refractivity contribution in [2.75, 3.05) is 5.32 Å². The first-order valence-electron chi connectivity index (χ1n) is 7.41. The molecule has 0 saturated carbocycles. The summed E-state index contributed by atoms with van der Waals surface area (Å²) in [6.45, 7) is -0.143. The van der Waals surface area contributed by atoms with Gasteiger partial charge in [-0.1, -0.05) is 0 Å². The molecule has 0 unspecified atom stereocenters. The molecule has 3 aromatic rings. The van der Waals surface area contributed by atoms with Crippen LogP contribution in [0.3, 0.4) is 0 Å². The Labute approximate surface area is 149 Å². The average Bonchev–Trinajstić information content (AvgIpc) is 3.12. The average molecular weight is 383 g/mol.